The second kappa shape index (κ2) is 6.23. The van der Waals surface area contributed by atoms with Gasteiger partial charge in [0.15, 0.2) is 0 Å². The molecule has 0 aromatic heterocycles. The van der Waals surface area contributed by atoms with Gasteiger partial charge in [-0.1, -0.05) is 30.4 Å². The Bertz CT molecular complexity index is 664. The number of nitrogens with two attached hydrogens (primary N) is 1. The van der Waals surface area contributed by atoms with Crippen molar-refractivity contribution in [1.82, 2.24) is 0 Å². The number of benzene rings is 2. The van der Waals surface area contributed by atoms with Gasteiger partial charge in [0.2, 0.25) is 0 Å². The van der Waals surface area contributed by atoms with Gasteiger partial charge in [-0.25, -0.2) is 0 Å². The molecule has 0 atom stereocenters. The standard InChI is InChI=1S/C15H14N2O3S/c16-13(21)8-9-4-6-10(7-5-9)17-15(20)14-11(18)2-1-3-12(14)19/h1-7,18-19H,8H2,(H2,16,21)(H,17,20). The molecular weight excluding hydrogens is 288 g/mol. The van der Waals surface area contributed by atoms with Crippen LogP contribution in [0.3, 0.4) is 0 Å². The van der Waals surface area contributed by atoms with Crippen LogP contribution in [0.5, 0.6) is 11.5 Å². The van der Waals surface area contributed by atoms with Gasteiger partial charge in [0.05, 0.1) is 4.99 Å². The van der Waals surface area contributed by atoms with Crippen LogP contribution in [0.15, 0.2) is 42.5 Å². The molecule has 0 saturated heterocycles. The first kappa shape index (κ1) is 14.8. The minimum atomic E-state index is -0.590. The minimum absolute atomic E-state index is 0.162. The maximum absolute atomic E-state index is 12.0. The van der Waals surface area contributed by atoms with Crippen molar-refractivity contribution in [2.75, 3.05) is 5.32 Å². The second-order valence-electron chi connectivity index (χ2n) is 4.47. The van der Waals surface area contributed by atoms with E-state index in [0.29, 0.717) is 17.1 Å². The number of hydrogen-bond acceptors (Lipinski definition) is 4. The first-order valence-corrected chi connectivity index (χ1v) is 6.57. The fourth-order valence-corrected chi connectivity index (χ4v) is 2.03. The average molecular weight is 302 g/mol. The number of amides is 1. The van der Waals surface area contributed by atoms with Crippen molar-refractivity contribution in [3.05, 3.63) is 53.6 Å². The molecule has 0 aliphatic rings. The van der Waals surface area contributed by atoms with Gasteiger partial charge in [-0.3, -0.25) is 4.79 Å². The fraction of sp³-hybridized carbons (Fsp3) is 0.0667. The van der Waals surface area contributed by atoms with Crippen LogP contribution in [0.4, 0.5) is 5.69 Å². The third-order valence-electron chi connectivity index (χ3n) is 2.84. The Labute approximate surface area is 127 Å². The number of hydrogen-bond donors (Lipinski definition) is 4. The van der Waals surface area contributed by atoms with E-state index in [1.807, 2.05) is 0 Å². The van der Waals surface area contributed by atoms with E-state index in [1.165, 1.54) is 18.2 Å². The highest BCUT2D eigenvalue weighted by atomic mass is 32.1. The molecule has 0 heterocycles. The highest BCUT2D eigenvalue weighted by molar-refractivity contribution is 7.80. The zero-order valence-electron chi connectivity index (χ0n) is 11.0. The number of phenolic OH excluding ortho intramolecular Hbond substituents is 2. The quantitative estimate of drug-likeness (QED) is 0.649. The summed E-state index contributed by atoms with van der Waals surface area (Å²) in [5.41, 5.74) is 6.77. The lowest BCUT2D eigenvalue weighted by molar-refractivity contribution is 0.102. The summed E-state index contributed by atoms with van der Waals surface area (Å²) in [6.07, 6.45) is 0.490. The van der Waals surface area contributed by atoms with Gasteiger partial charge in [-0.05, 0) is 29.8 Å². The molecule has 0 aliphatic heterocycles. The molecule has 1 amide bonds. The molecule has 2 rings (SSSR count). The normalized spacial score (nSPS) is 10.1. The largest absolute Gasteiger partial charge is 0.507 e. The molecule has 0 bridgehead atoms. The van der Waals surface area contributed by atoms with Crippen LogP contribution in [0.1, 0.15) is 15.9 Å². The minimum Gasteiger partial charge on any atom is -0.507 e. The molecule has 0 fully saturated rings. The molecular formula is C15H14N2O3S. The number of phenols is 2. The van der Waals surface area contributed by atoms with E-state index in [-0.39, 0.29) is 17.1 Å². The molecule has 6 heteroatoms. The van der Waals surface area contributed by atoms with Gasteiger partial charge in [0, 0.05) is 12.1 Å². The van der Waals surface area contributed by atoms with E-state index in [0.717, 1.165) is 5.56 Å². The molecule has 2 aromatic carbocycles. The molecule has 0 unspecified atom stereocenters. The molecule has 5 nitrogen and oxygen atoms in total. The summed E-state index contributed by atoms with van der Waals surface area (Å²) in [5.74, 6) is -1.15. The van der Waals surface area contributed by atoms with Crippen molar-refractivity contribution >= 4 is 28.8 Å². The van der Waals surface area contributed by atoms with Crippen LogP contribution in [0, 0.1) is 0 Å². The van der Waals surface area contributed by atoms with E-state index >= 15 is 0 Å². The van der Waals surface area contributed by atoms with Crippen molar-refractivity contribution in [2.24, 2.45) is 5.73 Å². The molecule has 0 aliphatic carbocycles. The lowest BCUT2D eigenvalue weighted by Gasteiger charge is -2.09. The number of aromatic hydroxyl groups is 2. The van der Waals surface area contributed by atoms with E-state index in [9.17, 15) is 15.0 Å². The van der Waals surface area contributed by atoms with Gasteiger partial charge in [-0.15, -0.1) is 0 Å². The van der Waals surface area contributed by atoms with E-state index in [4.69, 9.17) is 18.0 Å². The molecule has 5 N–H and O–H groups in total. The van der Waals surface area contributed by atoms with Crippen molar-refractivity contribution in [1.29, 1.82) is 0 Å². The lowest BCUT2D eigenvalue weighted by Crippen LogP contribution is -2.13. The maximum Gasteiger partial charge on any atom is 0.263 e. The van der Waals surface area contributed by atoms with Gasteiger partial charge in [0.25, 0.3) is 5.91 Å². The van der Waals surface area contributed by atoms with Gasteiger partial charge >= 0.3 is 0 Å². The lowest BCUT2D eigenvalue weighted by atomic mass is 10.1. The van der Waals surface area contributed by atoms with Gasteiger partial charge < -0.3 is 21.3 Å². The SMILES string of the molecule is NC(=S)Cc1ccc(NC(=O)c2c(O)cccc2O)cc1. The summed E-state index contributed by atoms with van der Waals surface area (Å²) in [5, 5.41) is 21.9. The molecule has 0 saturated carbocycles. The number of nitrogens with one attached hydrogen (secondary N) is 1. The molecule has 0 spiro atoms. The molecule has 2 aromatic rings. The van der Waals surface area contributed by atoms with Crippen LogP contribution in [0.25, 0.3) is 0 Å². The van der Waals surface area contributed by atoms with Crippen LogP contribution in [-0.4, -0.2) is 21.1 Å². The summed E-state index contributed by atoms with van der Waals surface area (Å²) in [6.45, 7) is 0. The Morgan fingerprint density at radius 1 is 1.10 bits per heavy atom. The Kier molecular flexibility index (Phi) is 4.39. The summed E-state index contributed by atoms with van der Waals surface area (Å²) >= 11 is 4.83. The van der Waals surface area contributed by atoms with E-state index < -0.39 is 5.91 Å². The number of carbonyl (C=O) groups excluding carboxylic acids is 1. The van der Waals surface area contributed by atoms with Gasteiger partial charge in [-0.2, -0.15) is 0 Å². The third-order valence-corrected chi connectivity index (χ3v) is 2.98. The summed E-state index contributed by atoms with van der Waals surface area (Å²) < 4.78 is 0. The zero-order chi connectivity index (χ0) is 15.4. The van der Waals surface area contributed by atoms with Crippen molar-refractivity contribution in [2.45, 2.75) is 6.42 Å². The topological polar surface area (TPSA) is 95.6 Å². The van der Waals surface area contributed by atoms with Crippen molar-refractivity contribution in [3.8, 4) is 11.5 Å². The van der Waals surface area contributed by atoms with Crippen molar-refractivity contribution in [3.63, 3.8) is 0 Å². The van der Waals surface area contributed by atoms with Crippen LogP contribution in [0.2, 0.25) is 0 Å². The Morgan fingerprint density at radius 2 is 1.67 bits per heavy atom. The number of carbonyl (C=O) groups is 1. The molecule has 21 heavy (non-hydrogen) atoms. The first-order chi connectivity index (χ1) is 9.97. The Balaban J connectivity index is 2.14. The summed E-state index contributed by atoms with van der Waals surface area (Å²) in [7, 11) is 0. The molecule has 108 valence electrons. The third kappa shape index (κ3) is 3.70. The zero-order valence-corrected chi connectivity index (χ0v) is 11.9. The van der Waals surface area contributed by atoms with Crippen LogP contribution >= 0.6 is 12.2 Å². The van der Waals surface area contributed by atoms with E-state index in [1.54, 1.807) is 24.3 Å². The number of anilines is 1. The van der Waals surface area contributed by atoms with Gasteiger partial charge in [0.1, 0.15) is 17.1 Å². The number of rotatable bonds is 4. The second-order valence-corrected chi connectivity index (χ2v) is 4.99. The smallest absolute Gasteiger partial charge is 0.263 e. The predicted molar refractivity (Wildman–Crippen MR) is 84.7 cm³/mol. The van der Waals surface area contributed by atoms with Crippen molar-refractivity contribution < 1.29 is 15.0 Å². The summed E-state index contributed by atoms with van der Waals surface area (Å²) in [4.78, 5) is 12.4. The van der Waals surface area contributed by atoms with Crippen LogP contribution in [-0.2, 0) is 6.42 Å². The number of thiocarbonyl (C=S) groups is 1. The Morgan fingerprint density at radius 3 is 2.19 bits per heavy atom. The van der Waals surface area contributed by atoms with Crippen LogP contribution < -0.4 is 11.1 Å². The first-order valence-electron chi connectivity index (χ1n) is 6.17. The average Bonchev–Trinajstić information content (AvgIpc) is 2.40. The predicted octanol–water partition coefficient (Wildman–Crippen LogP) is 2.18. The van der Waals surface area contributed by atoms with E-state index in [2.05, 4.69) is 5.32 Å². The monoisotopic (exact) mass is 302 g/mol. The summed E-state index contributed by atoms with van der Waals surface area (Å²) in [6, 6.07) is 11.1. The highest BCUT2D eigenvalue weighted by Gasteiger charge is 2.15. The molecule has 0 radical (unpaired) electrons. The fourth-order valence-electron chi connectivity index (χ4n) is 1.86. The Hall–Kier alpha value is -2.60. The highest BCUT2D eigenvalue weighted by Crippen LogP contribution is 2.27. The maximum atomic E-state index is 12.0.